The molecule has 0 radical (unpaired) electrons. The van der Waals surface area contributed by atoms with Crippen LogP contribution < -0.4 is 5.69 Å². The van der Waals surface area contributed by atoms with Crippen LogP contribution in [-0.4, -0.2) is 43.9 Å². The lowest BCUT2D eigenvalue weighted by molar-refractivity contribution is 0.0599. The van der Waals surface area contributed by atoms with E-state index in [0.29, 0.717) is 40.6 Å². The second-order valence-electron chi connectivity index (χ2n) is 6.94. The first-order chi connectivity index (χ1) is 14.3. The van der Waals surface area contributed by atoms with Gasteiger partial charge in [-0.05, 0) is 38.3 Å². The molecule has 3 rings (SSSR count). The van der Waals surface area contributed by atoms with Gasteiger partial charge in [-0.25, -0.2) is 14.7 Å². The largest absolute Gasteiger partial charge is 0.465 e. The number of aromatic amines is 2. The van der Waals surface area contributed by atoms with Gasteiger partial charge < -0.3 is 9.72 Å². The van der Waals surface area contributed by atoms with Crippen molar-refractivity contribution in [3.8, 4) is 0 Å². The van der Waals surface area contributed by atoms with Crippen molar-refractivity contribution in [2.24, 2.45) is 0 Å². The molecule has 1 unspecified atom stereocenters. The van der Waals surface area contributed by atoms with Crippen LogP contribution in [0.1, 0.15) is 44.6 Å². The van der Waals surface area contributed by atoms with Crippen LogP contribution in [0.4, 0.5) is 0 Å². The second-order valence-corrected chi connectivity index (χ2v) is 8.25. The molecule has 158 valence electrons. The zero-order valence-corrected chi connectivity index (χ0v) is 18.1. The van der Waals surface area contributed by atoms with E-state index in [1.807, 2.05) is 30.3 Å². The van der Waals surface area contributed by atoms with Gasteiger partial charge in [0.2, 0.25) is 0 Å². The summed E-state index contributed by atoms with van der Waals surface area (Å²) in [4.78, 5) is 40.2. The second kappa shape index (κ2) is 9.17. The Labute approximate surface area is 178 Å². The molecule has 0 aliphatic carbocycles. The molecule has 1 atom stereocenters. The van der Waals surface area contributed by atoms with Crippen molar-refractivity contribution in [3.63, 3.8) is 0 Å². The Balaban J connectivity index is 1.77. The van der Waals surface area contributed by atoms with Crippen molar-refractivity contribution in [2.45, 2.75) is 44.1 Å². The molecule has 2 N–H and O–H groups in total. The molecule has 3 aromatic rings. The van der Waals surface area contributed by atoms with E-state index < -0.39 is 11.2 Å². The number of benzene rings is 1. The van der Waals surface area contributed by atoms with Gasteiger partial charge in [-0.3, -0.25) is 9.36 Å². The molecule has 0 saturated carbocycles. The monoisotopic (exact) mass is 428 g/mol. The third-order valence-corrected chi connectivity index (χ3v) is 6.01. The van der Waals surface area contributed by atoms with E-state index in [1.165, 1.54) is 23.4 Å². The Kier molecular flexibility index (Phi) is 6.61. The average Bonchev–Trinajstić information content (AvgIpc) is 3.24. The first kappa shape index (κ1) is 21.6. The number of hydrogen-bond acceptors (Lipinski definition) is 6. The number of nitrogens with zero attached hydrogens (tertiary/aromatic N) is 2. The highest BCUT2D eigenvalue weighted by Gasteiger charge is 2.27. The number of aryl methyl sites for hydroxylation is 2. The van der Waals surface area contributed by atoms with Crippen LogP contribution in [-0.2, 0) is 17.7 Å². The van der Waals surface area contributed by atoms with Crippen LogP contribution >= 0.6 is 11.8 Å². The zero-order valence-electron chi connectivity index (χ0n) is 17.3. The maximum atomic E-state index is 13.0. The van der Waals surface area contributed by atoms with Gasteiger partial charge in [-0.2, -0.15) is 0 Å². The van der Waals surface area contributed by atoms with Crippen molar-refractivity contribution < 1.29 is 14.3 Å². The third kappa shape index (κ3) is 4.40. The summed E-state index contributed by atoms with van der Waals surface area (Å²) in [7, 11) is 1.31. The molecule has 30 heavy (non-hydrogen) atoms. The van der Waals surface area contributed by atoms with E-state index in [0.717, 1.165) is 5.56 Å². The van der Waals surface area contributed by atoms with Gasteiger partial charge in [0.1, 0.15) is 0 Å². The van der Waals surface area contributed by atoms with Gasteiger partial charge in [0, 0.05) is 12.2 Å². The molecule has 2 heterocycles. The molecule has 0 amide bonds. The van der Waals surface area contributed by atoms with E-state index in [4.69, 9.17) is 4.74 Å². The Morgan fingerprint density at radius 3 is 2.60 bits per heavy atom. The number of rotatable bonds is 8. The van der Waals surface area contributed by atoms with Crippen molar-refractivity contribution in [1.82, 2.24) is 19.7 Å². The number of ether oxygens (including phenoxy) is 1. The number of aromatic nitrogens is 4. The van der Waals surface area contributed by atoms with Crippen LogP contribution in [0.25, 0.3) is 0 Å². The Hall–Kier alpha value is -3.07. The minimum atomic E-state index is -0.516. The van der Waals surface area contributed by atoms with Crippen LogP contribution in [0, 0.1) is 13.8 Å². The van der Waals surface area contributed by atoms with E-state index in [1.54, 1.807) is 20.8 Å². The summed E-state index contributed by atoms with van der Waals surface area (Å²) in [6, 6.07) is 9.84. The molecule has 8 nitrogen and oxygen atoms in total. The highest BCUT2D eigenvalue weighted by molar-refractivity contribution is 8.00. The summed E-state index contributed by atoms with van der Waals surface area (Å²) in [5.41, 5.74) is 2.67. The van der Waals surface area contributed by atoms with E-state index >= 15 is 0 Å². The quantitative estimate of drug-likeness (QED) is 0.324. The average molecular weight is 429 g/mol. The van der Waals surface area contributed by atoms with Gasteiger partial charge in [0.05, 0.1) is 23.6 Å². The minimum Gasteiger partial charge on any atom is -0.465 e. The Morgan fingerprint density at radius 1 is 1.23 bits per heavy atom. The first-order valence-corrected chi connectivity index (χ1v) is 10.4. The molecule has 0 bridgehead atoms. The first-order valence-electron chi connectivity index (χ1n) is 9.51. The fraction of sp³-hybridized carbons (Fsp3) is 0.333. The van der Waals surface area contributed by atoms with Gasteiger partial charge in [0.25, 0.3) is 0 Å². The summed E-state index contributed by atoms with van der Waals surface area (Å²) >= 11 is 1.20. The number of methoxy groups -OCH3 is 1. The normalized spacial score (nSPS) is 12.0. The van der Waals surface area contributed by atoms with Crippen molar-refractivity contribution in [3.05, 3.63) is 68.9 Å². The van der Waals surface area contributed by atoms with Crippen LogP contribution in [0.2, 0.25) is 0 Å². The van der Waals surface area contributed by atoms with Gasteiger partial charge >= 0.3 is 11.7 Å². The van der Waals surface area contributed by atoms with E-state index in [9.17, 15) is 14.4 Å². The number of hydrogen-bond donors (Lipinski definition) is 2. The van der Waals surface area contributed by atoms with E-state index in [-0.39, 0.29) is 11.5 Å². The predicted octanol–water partition coefficient (Wildman–Crippen LogP) is 2.91. The maximum Gasteiger partial charge on any atom is 0.343 e. The van der Waals surface area contributed by atoms with Crippen molar-refractivity contribution in [2.75, 3.05) is 7.11 Å². The van der Waals surface area contributed by atoms with Crippen LogP contribution in [0.3, 0.4) is 0 Å². The van der Waals surface area contributed by atoms with Crippen molar-refractivity contribution >= 4 is 23.5 Å². The SMILES string of the molecule is COC(=O)c1c(C)[nH]c(C(=O)C(C)Sc2n[nH]c(=O)n2CCc2ccccc2)c1C. The Bertz CT molecular complexity index is 1110. The van der Waals surface area contributed by atoms with E-state index in [2.05, 4.69) is 15.2 Å². The van der Waals surface area contributed by atoms with Gasteiger partial charge in [0.15, 0.2) is 10.9 Å². The molecule has 0 fully saturated rings. The molecular weight excluding hydrogens is 404 g/mol. The smallest absolute Gasteiger partial charge is 0.343 e. The lowest BCUT2D eigenvalue weighted by Crippen LogP contribution is -2.21. The fourth-order valence-corrected chi connectivity index (χ4v) is 4.24. The highest BCUT2D eigenvalue weighted by Crippen LogP contribution is 2.26. The number of nitrogens with one attached hydrogen (secondary N) is 2. The summed E-state index contributed by atoms with van der Waals surface area (Å²) in [5, 5.41) is 6.48. The summed E-state index contributed by atoms with van der Waals surface area (Å²) in [6.45, 7) is 5.64. The number of esters is 1. The standard InChI is InChI=1S/C21H24N4O4S/c1-12-16(19(27)29-4)13(2)22-17(12)18(26)14(3)30-21-24-23-20(28)25(21)11-10-15-8-6-5-7-9-15/h5-9,14,22H,10-11H2,1-4H3,(H,23,28). The molecular formula is C21H24N4O4S. The summed E-state index contributed by atoms with van der Waals surface area (Å²) < 4.78 is 6.34. The Morgan fingerprint density at radius 2 is 1.93 bits per heavy atom. The topological polar surface area (TPSA) is 110 Å². The number of carbonyl (C=O) groups is 2. The van der Waals surface area contributed by atoms with Crippen LogP contribution in [0.15, 0.2) is 40.3 Å². The molecule has 1 aromatic carbocycles. The molecule has 9 heteroatoms. The summed E-state index contributed by atoms with van der Waals surface area (Å²) in [5.74, 6) is -0.663. The van der Waals surface area contributed by atoms with Gasteiger partial charge in [-0.15, -0.1) is 5.10 Å². The van der Waals surface area contributed by atoms with Crippen molar-refractivity contribution in [1.29, 1.82) is 0 Å². The molecule has 0 aliphatic rings. The number of H-pyrrole nitrogens is 2. The van der Waals surface area contributed by atoms with Crippen LogP contribution in [0.5, 0.6) is 0 Å². The fourth-order valence-electron chi connectivity index (χ4n) is 3.30. The predicted molar refractivity (Wildman–Crippen MR) is 114 cm³/mol. The maximum absolute atomic E-state index is 13.0. The summed E-state index contributed by atoms with van der Waals surface area (Å²) in [6.07, 6.45) is 0.674. The minimum absolute atomic E-state index is 0.180. The zero-order chi connectivity index (χ0) is 21.8. The number of ketones is 1. The number of thioether (sulfide) groups is 1. The lowest BCUT2D eigenvalue weighted by Gasteiger charge is -2.11. The third-order valence-electron chi connectivity index (χ3n) is 4.91. The number of Topliss-reactive ketones (excluding diaryl/α,β-unsaturated/α-hetero) is 1. The number of carbonyl (C=O) groups excluding carboxylic acids is 2. The lowest BCUT2D eigenvalue weighted by atomic mass is 10.1. The van der Waals surface area contributed by atoms with Gasteiger partial charge in [-0.1, -0.05) is 42.1 Å². The molecule has 2 aromatic heterocycles. The molecule has 0 spiro atoms. The highest BCUT2D eigenvalue weighted by atomic mass is 32.2. The molecule has 0 aliphatic heterocycles. The molecule has 0 saturated heterocycles.